The van der Waals surface area contributed by atoms with Gasteiger partial charge in [-0.05, 0) is 47.5 Å². The zero-order chi connectivity index (χ0) is 21.3. The van der Waals surface area contributed by atoms with Crippen molar-refractivity contribution in [3.63, 3.8) is 0 Å². The van der Waals surface area contributed by atoms with Crippen molar-refractivity contribution >= 4 is 23.0 Å². The van der Waals surface area contributed by atoms with Crippen molar-refractivity contribution in [2.75, 3.05) is 5.32 Å². The summed E-state index contributed by atoms with van der Waals surface area (Å²) in [7, 11) is 0. The number of nitriles is 1. The number of fused-ring (bicyclic) bond motifs is 1. The molecule has 0 spiro atoms. The topological polar surface area (TPSA) is 78.1 Å². The molecule has 2 aromatic carbocycles. The molecular formula is C22H13F3N4O. The van der Waals surface area contributed by atoms with Gasteiger partial charge in [0, 0.05) is 11.8 Å². The lowest BCUT2D eigenvalue weighted by Crippen LogP contribution is -2.15. The molecule has 1 amide bonds. The molecule has 5 nitrogen and oxygen atoms in total. The molecule has 0 fully saturated rings. The van der Waals surface area contributed by atoms with Crippen molar-refractivity contribution in [2.45, 2.75) is 12.6 Å². The molecule has 0 saturated heterocycles. The van der Waals surface area contributed by atoms with Gasteiger partial charge in [-0.2, -0.15) is 18.4 Å². The number of benzene rings is 2. The van der Waals surface area contributed by atoms with E-state index in [9.17, 15) is 18.0 Å². The van der Waals surface area contributed by atoms with Crippen LogP contribution in [-0.2, 0) is 11.0 Å². The maximum absolute atomic E-state index is 13.0. The summed E-state index contributed by atoms with van der Waals surface area (Å²) >= 11 is 0. The van der Waals surface area contributed by atoms with Gasteiger partial charge in [-0.15, -0.1) is 0 Å². The Morgan fingerprint density at radius 2 is 1.80 bits per heavy atom. The van der Waals surface area contributed by atoms with E-state index in [1.54, 1.807) is 30.5 Å². The van der Waals surface area contributed by atoms with Crippen molar-refractivity contribution in [1.29, 1.82) is 5.26 Å². The highest BCUT2D eigenvalue weighted by Crippen LogP contribution is 2.36. The number of aliphatic imine (C=N–C) groups is 1. The number of pyridine rings is 1. The minimum atomic E-state index is -4.51. The van der Waals surface area contributed by atoms with E-state index in [4.69, 9.17) is 5.26 Å². The highest BCUT2D eigenvalue weighted by Gasteiger charge is 2.31. The predicted molar refractivity (Wildman–Crippen MR) is 105 cm³/mol. The van der Waals surface area contributed by atoms with Gasteiger partial charge < -0.3 is 5.32 Å². The van der Waals surface area contributed by atoms with E-state index in [2.05, 4.69) is 15.3 Å². The molecule has 0 saturated carbocycles. The van der Waals surface area contributed by atoms with Crippen LogP contribution in [0.4, 0.5) is 24.5 Å². The van der Waals surface area contributed by atoms with Crippen LogP contribution in [0.1, 0.15) is 23.2 Å². The van der Waals surface area contributed by atoms with Crippen LogP contribution < -0.4 is 5.32 Å². The van der Waals surface area contributed by atoms with E-state index in [0.29, 0.717) is 17.0 Å². The summed E-state index contributed by atoms with van der Waals surface area (Å²) in [6, 6.07) is 15.7. The number of nitrogens with one attached hydrogen (secondary N) is 1. The van der Waals surface area contributed by atoms with Gasteiger partial charge in [-0.1, -0.05) is 18.2 Å². The van der Waals surface area contributed by atoms with Crippen LogP contribution in [0, 0.1) is 11.3 Å². The fraction of sp³-hybridized carbons (Fsp3) is 0.0909. The van der Waals surface area contributed by atoms with Crippen LogP contribution in [-0.4, -0.2) is 16.6 Å². The molecule has 3 aromatic rings. The Morgan fingerprint density at radius 1 is 1.00 bits per heavy atom. The highest BCUT2D eigenvalue weighted by atomic mass is 19.4. The first-order chi connectivity index (χ1) is 14.3. The number of carbonyl (C=O) groups excluding carboxylic acids is 1. The molecule has 0 unspecified atom stereocenters. The third-order valence-electron chi connectivity index (χ3n) is 4.59. The molecule has 1 aromatic heterocycles. The van der Waals surface area contributed by atoms with Crippen LogP contribution in [0.2, 0.25) is 0 Å². The number of hydrogen-bond acceptors (Lipinski definition) is 4. The van der Waals surface area contributed by atoms with E-state index in [1.165, 1.54) is 6.07 Å². The van der Waals surface area contributed by atoms with Gasteiger partial charge in [0.2, 0.25) is 5.91 Å². The minimum absolute atomic E-state index is 0.0253. The third-order valence-corrected chi connectivity index (χ3v) is 4.59. The highest BCUT2D eigenvalue weighted by molar-refractivity contribution is 6.17. The Kier molecular flexibility index (Phi) is 4.80. The SMILES string of the molecule is N#Cc1ccc(-c2cccc(C3=Nc4ccc(C(F)(F)F)cc4NC(=O)C3)c2)cn1. The van der Waals surface area contributed by atoms with E-state index in [-0.39, 0.29) is 17.8 Å². The van der Waals surface area contributed by atoms with Gasteiger partial charge in [0.15, 0.2) is 0 Å². The summed E-state index contributed by atoms with van der Waals surface area (Å²) in [5, 5.41) is 11.4. The smallest absolute Gasteiger partial charge is 0.324 e. The van der Waals surface area contributed by atoms with E-state index in [1.807, 2.05) is 18.2 Å². The quantitative estimate of drug-likeness (QED) is 0.643. The van der Waals surface area contributed by atoms with Gasteiger partial charge in [0.25, 0.3) is 0 Å². The summed E-state index contributed by atoms with van der Waals surface area (Å²) in [6.45, 7) is 0. The Hall–Kier alpha value is -3.99. The average Bonchev–Trinajstić information content (AvgIpc) is 2.90. The lowest BCUT2D eigenvalue weighted by atomic mass is 10.0. The fourth-order valence-corrected chi connectivity index (χ4v) is 3.12. The zero-order valence-corrected chi connectivity index (χ0v) is 15.4. The van der Waals surface area contributed by atoms with Crippen LogP contribution in [0.25, 0.3) is 11.1 Å². The van der Waals surface area contributed by atoms with E-state index in [0.717, 1.165) is 23.3 Å². The van der Waals surface area contributed by atoms with Crippen molar-refractivity contribution in [1.82, 2.24) is 4.98 Å². The molecule has 8 heteroatoms. The lowest BCUT2D eigenvalue weighted by molar-refractivity contribution is -0.137. The normalized spacial score (nSPS) is 13.5. The molecule has 1 aliphatic heterocycles. The van der Waals surface area contributed by atoms with Crippen molar-refractivity contribution < 1.29 is 18.0 Å². The third kappa shape index (κ3) is 3.91. The number of rotatable bonds is 2. The standard InChI is InChI=1S/C22H13F3N4O/c23-22(24,25)16-5-7-18-20(9-16)29-21(30)10-19(28-18)14-3-1-2-13(8-14)15-4-6-17(11-26)27-12-15/h1-9,12H,10H2,(H,29,30). The van der Waals surface area contributed by atoms with Crippen LogP contribution in [0.3, 0.4) is 0 Å². The van der Waals surface area contributed by atoms with Gasteiger partial charge in [-0.3, -0.25) is 9.79 Å². The Morgan fingerprint density at radius 3 is 2.50 bits per heavy atom. The average molecular weight is 406 g/mol. The van der Waals surface area contributed by atoms with Crippen LogP contribution in [0.5, 0.6) is 0 Å². The molecule has 0 atom stereocenters. The number of halogens is 3. The first-order valence-electron chi connectivity index (χ1n) is 8.89. The summed E-state index contributed by atoms with van der Waals surface area (Å²) in [4.78, 5) is 20.8. The second kappa shape index (κ2) is 7.44. The van der Waals surface area contributed by atoms with Gasteiger partial charge >= 0.3 is 6.18 Å². The first-order valence-corrected chi connectivity index (χ1v) is 8.89. The number of anilines is 1. The maximum atomic E-state index is 13.0. The Labute approximate surface area is 169 Å². The summed E-state index contributed by atoms with van der Waals surface area (Å²) < 4.78 is 38.9. The van der Waals surface area contributed by atoms with Gasteiger partial charge in [0.1, 0.15) is 11.8 Å². The number of nitrogens with zero attached hydrogens (tertiary/aromatic N) is 3. The summed E-state index contributed by atoms with van der Waals surface area (Å²) in [6.07, 6.45) is -3.01. The Balaban J connectivity index is 1.74. The summed E-state index contributed by atoms with van der Waals surface area (Å²) in [5.41, 5.74) is 2.43. The molecule has 148 valence electrons. The monoisotopic (exact) mass is 406 g/mol. The number of amides is 1. The van der Waals surface area contributed by atoms with E-state index >= 15 is 0 Å². The second-order valence-electron chi connectivity index (χ2n) is 6.64. The van der Waals surface area contributed by atoms with Crippen molar-refractivity contribution in [2.24, 2.45) is 4.99 Å². The van der Waals surface area contributed by atoms with Crippen LogP contribution >= 0.6 is 0 Å². The minimum Gasteiger partial charge on any atom is -0.324 e. The predicted octanol–water partition coefficient (Wildman–Crippen LogP) is 5.10. The molecule has 1 aliphatic rings. The number of carbonyl (C=O) groups is 1. The molecule has 30 heavy (non-hydrogen) atoms. The largest absolute Gasteiger partial charge is 0.416 e. The van der Waals surface area contributed by atoms with Gasteiger partial charge in [0.05, 0.1) is 29.1 Å². The number of hydrogen-bond donors (Lipinski definition) is 1. The van der Waals surface area contributed by atoms with Gasteiger partial charge in [-0.25, -0.2) is 4.98 Å². The lowest BCUT2D eigenvalue weighted by Gasteiger charge is -2.10. The van der Waals surface area contributed by atoms with Crippen molar-refractivity contribution in [3.05, 3.63) is 77.6 Å². The molecule has 2 heterocycles. The molecule has 0 bridgehead atoms. The number of alkyl halides is 3. The molecular weight excluding hydrogens is 393 g/mol. The molecule has 4 rings (SSSR count). The van der Waals surface area contributed by atoms with Crippen LogP contribution in [0.15, 0.2) is 65.8 Å². The summed E-state index contributed by atoms with van der Waals surface area (Å²) in [5.74, 6) is -0.447. The molecule has 0 radical (unpaired) electrons. The van der Waals surface area contributed by atoms with E-state index < -0.39 is 17.6 Å². The maximum Gasteiger partial charge on any atom is 0.416 e. The molecule has 1 N–H and O–H groups in total. The number of aromatic nitrogens is 1. The second-order valence-corrected chi connectivity index (χ2v) is 6.64. The first kappa shape index (κ1) is 19.3. The van der Waals surface area contributed by atoms with Crippen molar-refractivity contribution in [3.8, 4) is 17.2 Å². The fourth-order valence-electron chi connectivity index (χ4n) is 3.12. The Bertz CT molecular complexity index is 1210. The zero-order valence-electron chi connectivity index (χ0n) is 15.4. The molecule has 0 aliphatic carbocycles.